The van der Waals surface area contributed by atoms with Crippen LogP contribution >= 0.6 is 0 Å². The minimum Gasteiger partial charge on any atom is -0.273 e. The van der Waals surface area contributed by atoms with Gasteiger partial charge in [0.25, 0.3) is 0 Å². The third-order valence-corrected chi connectivity index (χ3v) is 1.78. The molecule has 0 atom stereocenters. The van der Waals surface area contributed by atoms with Crippen LogP contribution in [0.5, 0.6) is 0 Å². The Bertz CT molecular complexity index is 323. The second kappa shape index (κ2) is 4.35. The van der Waals surface area contributed by atoms with Crippen molar-refractivity contribution in [3.8, 4) is 0 Å². The monoisotopic (exact) mass is 178 g/mol. The lowest BCUT2D eigenvalue weighted by Crippen LogP contribution is -2.19. The summed E-state index contributed by atoms with van der Waals surface area (Å²) >= 11 is 0. The summed E-state index contributed by atoms with van der Waals surface area (Å²) in [6.07, 6.45) is 0.193. The van der Waals surface area contributed by atoms with Gasteiger partial charge in [-0.15, -0.1) is 4.91 Å². The van der Waals surface area contributed by atoms with Gasteiger partial charge in [0.2, 0.25) is 5.91 Å². The Balaban J connectivity index is 2.68. The van der Waals surface area contributed by atoms with Crippen molar-refractivity contribution in [3.05, 3.63) is 40.3 Å². The minimum absolute atomic E-state index is 0.193. The van der Waals surface area contributed by atoms with Crippen molar-refractivity contribution in [2.24, 2.45) is 5.29 Å². The van der Waals surface area contributed by atoms with Crippen molar-refractivity contribution >= 4 is 5.91 Å². The molecule has 0 fully saturated rings. The molecule has 0 bridgehead atoms. The van der Waals surface area contributed by atoms with Crippen LogP contribution in [0.3, 0.4) is 0 Å². The molecule has 0 aliphatic rings. The average molecular weight is 178 g/mol. The highest BCUT2D eigenvalue weighted by atomic mass is 16.3. The van der Waals surface area contributed by atoms with E-state index in [-0.39, 0.29) is 12.3 Å². The number of hydrogen-bond donors (Lipinski definition) is 1. The fourth-order valence-corrected chi connectivity index (χ4v) is 1.07. The van der Waals surface area contributed by atoms with Crippen LogP contribution in [0.1, 0.15) is 11.1 Å². The quantitative estimate of drug-likeness (QED) is 0.560. The Hall–Kier alpha value is -1.71. The molecule has 0 unspecified atom stereocenters. The van der Waals surface area contributed by atoms with E-state index in [0.29, 0.717) is 0 Å². The summed E-state index contributed by atoms with van der Waals surface area (Å²) in [5, 5.41) is 2.31. The lowest BCUT2D eigenvalue weighted by Gasteiger charge is -2.02. The third-order valence-electron chi connectivity index (χ3n) is 1.78. The van der Waals surface area contributed by atoms with Gasteiger partial charge in [0.05, 0.1) is 11.7 Å². The highest BCUT2D eigenvalue weighted by Gasteiger charge is 2.03. The Morgan fingerprint density at radius 1 is 1.46 bits per heavy atom. The fourth-order valence-electron chi connectivity index (χ4n) is 1.07. The molecule has 68 valence electrons. The van der Waals surface area contributed by atoms with E-state index < -0.39 is 0 Å². The van der Waals surface area contributed by atoms with E-state index in [9.17, 15) is 9.70 Å². The maximum Gasteiger partial charge on any atom is 0.247 e. The minimum atomic E-state index is -0.385. The molecule has 0 heterocycles. The van der Waals surface area contributed by atoms with Crippen LogP contribution in [0, 0.1) is 11.8 Å². The first-order valence-corrected chi connectivity index (χ1v) is 3.89. The molecule has 0 spiro atoms. The average Bonchev–Trinajstić information content (AvgIpc) is 2.09. The summed E-state index contributed by atoms with van der Waals surface area (Å²) in [6.45, 7) is 1.91. The summed E-state index contributed by atoms with van der Waals surface area (Å²) in [4.78, 5) is 20.7. The molecule has 0 aromatic heterocycles. The predicted octanol–water partition coefficient (Wildman–Crippen LogP) is 1.34. The summed E-state index contributed by atoms with van der Waals surface area (Å²) in [5.41, 5.74) is 3.79. The highest BCUT2D eigenvalue weighted by Crippen LogP contribution is 2.07. The van der Waals surface area contributed by atoms with Gasteiger partial charge in [0.15, 0.2) is 0 Å². The van der Waals surface area contributed by atoms with E-state index in [4.69, 9.17) is 0 Å². The zero-order valence-corrected chi connectivity index (χ0v) is 7.28. The SMILES string of the molecule is Cc1ccccc1CC(=O)NN=O. The summed E-state index contributed by atoms with van der Waals surface area (Å²) in [7, 11) is 0. The van der Waals surface area contributed by atoms with E-state index in [0.717, 1.165) is 11.1 Å². The topological polar surface area (TPSA) is 58.5 Å². The van der Waals surface area contributed by atoms with Gasteiger partial charge >= 0.3 is 0 Å². The number of rotatable bonds is 3. The van der Waals surface area contributed by atoms with Crippen molar-refractivity contribution in [1.29, 1.82) is 0 Å². The van der Waals surface area contributed by atoms with Gasteiger partial charge in [-0.25, -0.2) is 5.43 Å². The van der Waals surface area contributed by atoms with E-state index in [1.54, 1.807) is 0 Å². The van der Waals surface area contributed by atoms with Gasteiger partial charge in [-0.3, -0.25) is 4.79 Å². The Kier molecular flexibility index (Phi) is 3.14. The molecule has 4 heteroatoms. The van der Waals surface area contributed by atoms with Crippen molar-refractivity contribution in [2.45, 2.75) is 13.3 Å². The van der Waals surface area contributed by atoms with E-state index in [1.165, 1.54) is 0 Å². The van der Waals surface area contributed by atoms with Crippen molar-refractivity contribution in [1.82, 2.24) is 5.43 Å². The number of hydrogen-bond acceptors (Lipinski definition) is 3. The first-order chi connectivity index (χ1) is 6.24. The first kappa shape index (κ1) is 9.38. The zero-order chi connectivity index (χ0) is 9.68. The molecule has 1 N–H and O–H groups in total. The highest BCUT2D eigenvalue weighted by molar-refractivity contribution is 5.78. The maximum absolute atomic E-state index is 11.0. The second-order valence-corrected chi connectivity index (χ2v) is 2.73. The molecular formula is C9H10N2O2. The summed E-state index contributed by atoms with van der Waals surface area (Å²) in [6, 6.07) is 7.51. The van der Waals surface area contributed by atoms with Gasteiger partial charge in [-0.05, 0) is 18.1 Å². The van der Waals surface area contributed by atoms with Crippen molar-refractivity contribution in [2.75, 3.05) is 0 Å². The Morgan fingerprint density at radius 3 is 2.77 bits per heavy atom. The van der Waals surface area contributed by atoms with Crippen LogP contribution in [0.2, 0.25) is 0 Å². The van der Waals surface area contributed by atoms with Gasteiger partial charge in [0.1, 0.15) is 0 Å². The van der Waals surface area contributed by atoms with Crippen LogP contribution in [-0.2, 0) is 11.2 Å². The smallest absolute Gasteiger partial charge is 0.247 e. The zero-order valence-electron chi connectivity index (χ0n) is 7.28. The van der Waals surface area contributed by atoms with Gasteiger partial charge in [0, 0.05) is 0 Å². The lowest BCUT2D eigenvalue weighted by atomic mass is 10.1. The predicted molar refractivity (Wildman–Crippen MR) is 48.8 cm³/mol. The van der Waals surface area contributed by atoms with Gasteiger partial charge in [-0.1, -0.05) is 24.3 Å². The molecule has 0 radical (unpaired) electrons. The van der Waals surface area contributed by atoms with Gasteiger partial charge < -0.3 is 0 Å². The van der Waals surface area contributed by atoms with Crippen LogP contribution in [0.25, 0.3) is 0 Å². The molecule has 0 aliphatic carbocycles. The number of amides is 1. The molecule has 0 saturated heterocycles. The van der Waals surface area contributed by atoms with Crippen LogP contribution in [-0.4, -0.2) is 5.91 Å². The van der Waals surface area contributed by atoms with E-state index in [1.807, 2.05) is 36.6 Å². The van der Waals surface area contributed by atoms with E-state index in [2.05, 4.69) is 5.29 Å². The molecule has 4 nitrogen and oxygen atoms in total. The fraction of sp³-hybridized carbons (Fsp3) is 0.222. The van der Waals surface area contributed by atoms with Crippen LogP contribution < -0.4 is 5.43 Å². The molecular weight excluding hydrogens is 168 g/mol. The van der Waals surface area contributed by atoms with Crippen LogP contribution in [0.4, 0.5) is 0 Å². The number of aryl methyl sites for hydroxylation is 1. The summed E-state index contributed by atoms with van der Waals surface area (Å²) < 4.78 is 0. The molecule has 1 aromatic rings. The Labute approximate surface area is 75.9 Å². The van der Waals surface area contributed by atoms with Crippen molar-refractivity contribution in [3.63, 3.8) is 0 Å². The van der Waals surface area contributed by atoms with Crippen LogP contribution in [0.15, 0.2) is 29.6 Å². The number of benzene rings is 1. The number of nitrogens with zero attached hydrogens (tertiary/aromatic N) is 1. The number of nitrogens with one attached hydrogen (secondary N) is 1. The Morgan fingerprint density at radius 2 is 2.15 bits per heavy atom. The molecule has 1 rings (SSSR count). The second-order valence-electron chi connectivity index (χ2n) is 2.73. The number of nitroso groups, excluding NO2 is 1. The molecule has 13 heavy (non-hydrogen) atoms. The number of carbonyl (C=O) groups is 1. The molecule has 0 saturated carbocycles. The van der Waals surface area contributed by atoms with Gasteiger partial charge in [-0.2, -0.15) is 0 Å². The van der Waals surface area contributed by atoms with E-state index >= 15 is 0 Å². The molecule has 1 aromatic carbocycles. The maximum atomic E-state index is 11.0. The third kappa shape index (κ3) is 2.66. The summed E-state index contributed by atoms with van der Waals surface area (Å²) in [5.74, 6) is -0.385. The standard InChI is InChI=1S/C9H10N2O2/c1-7-4-2-3-5-8(7)6-9(12)10-11-13/h2-5H,6H2,1H3,(H,10,12,13). The van der Waals surface area contributed by atoms with Crippen molar-refractivity contribution < 1.29 is 4.79 Å². The molecule has 1 amide bonds. The largest absolute Gasteiger partial charge is 0.273 e. The molecule has 0 aliphatic heterocycles. The lowest BCUT2D eigenvalue weighted by molar-refractivity contribution is -0.120. The normalized spacial score (nSPS) is 9.31. The first-order valence-electron chi connectivity index (χ1n) is 3.89. The number of carbonyl (C=O) groups excluding carboxylic acids is 1.